The van der Waals surface area contributed by atoms with E-state index >= 15 is 0 Å². The molecule has 1 fully saturated rings. The molecule has 5 nitrogen and oxygen atoms in total. The summed E-state index contributed by atoms with van der Waals surface area (Å²) in [6, 6.07) is 8.29. The fraction of sp³-hybridized carbons (Fsp3) is 0.529. The molecule has 1 saturated heterocycles. The van der Waals surface area contributed by atoms with Crippen LogP contribution in [-0.4, -0.2) is 45.7 Å². The molecule has 0 aliphatic carbocycles. The summed E-state index contributed by atoms with van der Waals surface area (Å²) in [5, 5.41) is 0. The van der Waals surface area contributed by atoms with E-state index in [0.717, 1.165) is 35.6 Å². The second-order valence-corrected chi connectivity index (χ2v) is 7.13. The fourth-order valence-corrected chi connectivity index (χ4v) is 3.91. The van der Waals surface area contributed by atoms with Crippen LogP contribution >= 0.6 is 36.6 Å². The van der Waals surface area contributed by atoms with E-state index in [-0.39, 0.29) is 36.8 Å². The first-order chi connectivity index (χ1) is 11.1. The molecular weight excluding hydrogens is 379 g/mol. The summed E-state index contributed by atoms with van der Waals surface area (Å²) < 4.78 is 2.07. The van der Waals surface area contributed by atoms with Gasteiger partial charge in [0.25, 0.3) is 0 Å². The standard InChI is InChI=1S/C17H24N4OS.2ClH/c1-12-7-13(8-18)9-20(12)17(22)10-21-15-6-4-3-5-14(15)19-16(21)11-23-2;;/h3-6,12-13H,7-11,18H2,1-2H3;2*1H. The van der Waals surface area contributed by atoms with Crippen molar-refractivity contribution in [3.05, 3.63) is 30.1 Å². The van der Waals surface area contributed by atoms with Crippen LogP contribution < -0.4 is 5.73 Å². The maximum Gasteiger partial charge on any atom is 0.242 e. The summed E-state index contributed by atoms with van der Waals surface area (Å²) in [4.78, 5) is 19.5. The van der Waals surface area contributed by atoms with Gasteiger partial charge in [0.05, 0.1) is 16.8 Å². The molecule has 2 aromatic rings. The second-order valence-electron chi connectivity index (χ2n) is 6.27. The molecular formula is C17H26Cl2N4OS. The molecule has 140 valence electrons. The molecule has 0 radical (unpaired) electrons. The van der Waals surface area contributed by atoms with Crippen LogP contribution in [0, 0.1) is 5.92 Å². The number of hydrogen-bond donors (Lipinski definition) is 1. The average Bonchev–Trinajstić information content (AvgIpc) is 3.09. The van der Waals surface area contributed by atoms with Crippen molar-refractivity contribution in [2.75, 3.05) is 19.3 Å². The molecule has 1 aromatic carbocycles. The number of likely N-dealkylation sites (tertiary alicyclic amines) is 1. The van der Waals surface area contributed by atoms with Crippen LogP contribution in [0.4, 0.5) is 0 Å². The molecule has 1 amide bonds. The molecule has 1 aliphatic heterocycles. The van der Waals surface area contributed by atoms with Crippen molar-refractivity contribution in [3.63, 3.8) is 0 Å². The van der Waals surface area contributed by atoms with Gasteiger partial charge in [0.15, 0.2) is 0 Å². The molecule has 2 unspecified atom stereocenters. The van der Waals surface area contributed by atoms with Crippen LogP contribution in [-0.2, 0) is 17.1 Å². The first kappa shape index (κ1) is 22.1. The molecule has 0 spiro atoms. The summed E-state index contributed by atoms with van der Waals surface area (Å²) in [5.41, 5.74) is 7.77. The van der Waals surface area contributed by atoms with E-state index < -0.39 is 0 Å². The van der Waals surface area contributed by atoms with Gasteiger partial charge in [0, 0.05) is 12.6 Å². The first-order valence-corrected chi connectivity index (χ1v) is 9.46. The monoisotopic (exact) mass is 404 g/mol. The number of hydrogen-bond acceptors (Lipinski definition) is 4. The van der Waals surface area contributed by atoms with Crippen molar-refractivity contribution in [1.82, 2.24) is 14.5 Å². The Kier molecular flexibility index (Phi) is 8.54. The number of nitrogens with zero attached hydrogens (tertiary/aromatic N) is 3. The molecule has 0 saturated carbocycles. The normalized spacial score (nSPS) is 19.6. The van der Waals surface area contributed by atoms with Gasteiger partial charge in [0.1, 0.15) is 12.4 Å². The van der Waals surface area contributed by atoms with Crippen LogP contribution in [0.2, 0.25) is 0 Å². The third kappa shape index (κ3) is 4.61. The van der Waals surface area contributed by atoms with Crippen molar-refractivity contribution in [2.45, 2.75) is 31.7 Å². The number of rotatable bonds is 5. The Morgan fingerprint density at radius 2 is 2.08 bits per heavy atom. The van der Waals surface area contributed by atoms with E-state index in [9.17, 15) is 4.79 Å². The molecule has 2 atom stereocenters. The Morgan fingerprint density at radius 1 is 1.36 bits per heavy atom. The van der Waals surface area contributed by atoms with Crippen LogP contribution in [0.5, 0.6) is 0 Å². The minimum atomic E-state index is 0. The number of benzene rings is 1. The lowest BCUT2D eigenvalue weighted by atomic mass is 10.1. The van der Waals surface area contributed by atoms with Crippen molar-refractivity contribution in [1.29, 1.82) is 0 Å². The fourth-order valence-electron chi connectivity index (χ4n) is 3.43. The van der Waals surface area contributed by atoms with E-state index in [1.165, 1.54) is 0 Å². The highest BCUT2D eigenvalue weighted by atomic mass is 35.5. The zero-order valence-electron chi connectivity index (χ0n) is 14.6. The number of fused-ring (bicyclic) bond motifs is 1. The zero-order valence-corrected chi connectivity index (χ0v) is 17.0. The Balaban J connectivity index is 0.00000156. The SMILES string of the molecule is CSCc1nc2ccccc2n1CC(=O)N1CC(CN)CC1C.Cl.Cl. The summed E-state index contributed by atoms with van der Waals surface area (Å²) in [5.74, 6) is 2.37. The molecule has 0 bridgehead atoms. The van der Waals surface area contributed by atoms with Gasteiger partial charge in [-0.3, -0.25) is 4.79 Å². The number of aromatic nitrogens is 2. The summed E-state index contributed by atoms with van der Waals surface area (Å²) in [6.45, 7) is 3.90. The summed E-state index contributed by atoms with van der Waals surface area (Å²) in [6.07, 6.45) is 3.06. The van der Waals surface area contributed by atoms with E-state index in [1.54, 1.807) is 11.8 Å². The van der Waals surface area contributed by atoms with Gasteiger partial charge in [-0.2, -0.15) is 11.8 Å². The lowest BCUT2D eigenvalue weighted by molar-refractivity contribution is -0.132. The number of carbonyl (C=O) groups excluding carboxylic acids is 1. The molecule has 8 heteroatoms. The minimum absolute atomic E-state index is 0. The van der Waals surface area contributed by atoms with E-state index in [4.69, 9.17) is 5.73 Å². The molecule has 2 N–H and O–H groups in total. The number of nitrogens with two attached hydrogens (primary N) is 1. The quantitative estimate of drug-likeness (QED) is 0.831. The van der Waals surface area contributed by atoms with Crippen LogP contribution in [0.25, 0.3) is 11.0 Å². The third-order valence-corrected chi connectivity index (χ3v) is 5.16. The molecule has 1 aliphatic rings. The number of para-hydroxylation sites is 2. The van der Waals surface area contributed by atoms with Gasteiger partial charge >= 0.3 is 0 Å². The van der Waals surface area contributed by atoms with Crippen molar-refractivity contribution in [2.24, 2.45) is 11.7 Å². The minimum Gasteiger partial charge on any atom is -0.338 e. The maximum atomic E-state index is 12.8. The zero-order chi connectivity index (χ0) is 16.4. The maximum absolute atomic E-state index is 12.8. The van der Waals surface area contributed by atoms with Crippen LogP contribution in [0.1, 0.15) is 19.2 Å². The average molecular weight is 405 g/mol. The van der Waals surface area contributed by atoms with Crippen LogP contribution in [0.3, 0.4) is 0 Å². The van der Waals surface area contributed by atoms with Crippen molar-refractivity contribution < 1.29 is 4.79 Å². The number of carbonyl (C=O) groups is 1. The number of halogens is 2. The first-order valence-electron chi connectivity index (χ1n) is 8.06. The van der Waals surface area contributed by atoms with Crippen molar-refractivity contribution in [3.8, 4) is 0 Å². The summed E-state index contributed by atoms with van der Waals surface area (Å²) >= 11 is 1.72. The number of imidazole rings is 1. The Labute approximate surface area is 165 Å². The Hall–Kier alpha value is -0.950. The molecule has 3 rings (SSSR count). The molecule has 1 aromatic heterocycles. The van der Waals surface area contributed by atoms with Gasteiger partial charge in [-0.1, -0.05) is 12.1 Å². The van der Waals surface area contributed by atoms with Gasteiger partial charge in [-0.05, 0) is 44.2 Å². The lowest BCUT2D eigenvalue weighted by Gasteiger charge is -2.22. The predicted octanol–water partition coefficient (Wildman–Crippen LogP) is 2.94. The van der Waals surface area contributed by atoms with E-state index in [2.05, 4.69) is 22.7 Å². The summed E-state index contributed by atoms with van der Waals surface area (Å²) in [7, 11) is 0. The Morgan fingerprint density at radius 3 is 2.72 bits per heavy atom. The van der Waals surface area contributed by atoms with Crippen LogP contribution in [0.15, 0.2) is 24.3 Å². The van der Waals surface area contributed by atoms with E-state index in [1.807, 2.05) is 29.2 Å². The van der Waals surface area contributed by atoms with Gasteiger partial charge in [0.2, 0.25) is 5.91 Å². The third-order valence-electron chi connectivity index (χ3n) is 4.62. The molecule has 25 heavy (non-hydrogen) atoms. The number of amides is 1. The number of thioether (sulfide) groups is 1. The topological polar surface area (TPSA) is 64.2 Å². The molecule has 2 heterocycles. The highest BCUT2D eigenvalue weighted by molar-refractivity contribution is 7.97. The van der Waals surface area contributed by atoms with Gasteiger partial charge in [-0.25, -0.2) is 4.98 Å². The van der Waals surface area contributed by atoms with Crippen molar-refractivity contribution >= 4 is 53.5 Å². The largest absolute Gasteiger partial charge is 0.338 e. The highest BCUT2D eigenvalue weighted by Gasteiger charge is 2.31. The lowest BCUT2D eigenvalue weighted by Crippen LogP contribution is -2.37. The van der Waals surface area contributed by atoms with E-state index in [0.29, 0.717) is 19.0 Å². The van der Waals surface area contributed by atoms with Gasteiger partial charge < -0.3 is 15.2 Å². The smallest absolute Gasteiger partial charge is 0.242 e. The second kappa shape index (κ2) is 9.67. The Bertz CT molecular complexity index is 709. The predicted molar refractivity (Wildman–Crippen MR) is 110 cm³/mol. The van der Waals surface area contributed by atoms with Gasteiger partial charge in [-0.15, -0.1) is 24.8 Å². The highest BCUT2D eigenvalue weighted by Crippen LogP contribution is 2.24.